The monoisotopic (exact) mass is 458 g/mol. The normalized spacial score (nSPS) is 30.0. The third-order valence-corrected chi connectivity index (χ3v) is 7.90. The Hall–Kier alpha value is -2.35. The van der Waals surface area contributed by atoms with Crippen LogP contribution >= 0.6 is 11.8 Å². The fourth-order valence-electron chi connectivity index (χ4n) is 6.56. The molecule has 4 saturated carbocycles. The Morgan fingerprint density at radius 3 is 2.34 bits per heavy atom. The Morgan fingerprint density at radius 1 is 1.06 bits per heavy atom. The lowest BCUT2D eigenvalue weighted by atomic mass is 9.47. The zero-order chi connectivity index (χ0) is 23.1. The van der Waals surface area contributed by atoms with Crippen LogP contribution in [0, 0.1) is 17.3 Å². The molecule has 7 nitrogen and oxygen atoms in total. The van der Waals surface area contributed by atoms with Gasteiger partial charge in [0.15, 0.2) is 12.4 Å². The van der Waals surface area contributed by atoms with Gasteiger partial charge in [-0.05, 0) is 68.7 Å². The Balaban J connectivity index is 1.45. The van der Waals surface area contributed by atoms with Crippen LogP contribution in [0.15, 0.2) is 23.1 Å². The summed E-state index contributed by atoms with van der Waals surface area (Å²) in [4.78, 5) is 50.1. The van der Waals surface area contributed by atoms with E-state index in [0.717, 1.165) is 37.0 Å². The Labute approximate surface area is 192 Å². The number of carbonyl (C=O) groups excluding carboxylic acids is 4. The van der Waals surface area contributed by atoms with Gasteiger partial charge in [-0.25, -0.2) is 0 Å². The molecule has 4 fully saturated rings. The fourth-order valence-corrected chi connectivity index (χ4v) is 7.09. The highest BCUT2D eigenvalue weighted by Gasteiger charge is 2.61. The fraction of sp³-hybridized carbons (Fsp3) is 0.583. The van der Waals surface area contributed by atoms with Gasteiger partial charge in [0, 0.05) is 29.8 Å². The highest BCUT2D eigenvalue weighted by Crippen LogP contribution is 2.62. The lowest BCUT2D eigenvalue weighted by Crippen LogP contribution is -2.64. The average molecular weight is 459 g/mol. The van der Waals surface area contributed by atoms with Gasteiger partial charge in [-0.1, -0.05) is 6.07 Å². The standard InChI is InChI=1S/C24H30N2O5S/c1-14(27)25-19-7-18(4-5-21(19)32-3)20(29)12-31-22(30)23-8-16-6-17(9-23)11-24(10-16,13-23)26-15(2)28/h4-5,7,16-17H,6,8-13H2,1-3H3,(H,25,27)(H,26,28). The van der Waals surface area contributed by atoms with Gasteiger partial charge >= 0.3 is 5.97 Å². The number of nitrogens with one attached hydrogen (secondary N) is 2. The number of anilines is 1. The predicted molar refractivity (Wildman–Crippen MR) is 121 cm³/mol. The average Bonchev–Trinajstić information content (AvgIpc) is 2.69. The minimum atomic E-state index is -0.614. The predicted octanol–water partition coefficient (Wildman–Crippen LogP) is 3.57. The number of hydrogen-bond acceptors (Lipinski definition) is 6. The molecule has 2 N–H and O–H groups in total. The molecule has 0 saturated heterocycles. The number of amides is 2. The number of benzene rings is 1. The third-order valence-electron chi connectivity index (χ3n) is 7.10. The summed E-state index contributed by atoms with van der Waals surface area (Å²) in [6, 6.07) is 5.09. The van der Waals surface area contributed by atoms with Crippen LogP contribution in [0.25, 0.3) is 0 Å². The van der Waals surface area contributed by atoms with E-state index < -0.39 is 5.41 Å². The quantitative estimate of drug-likeness (QED) is 0.368. The highest BCUT2D eigenvalue weighted by atomic mass is 32.2. The summed E-state index contributed by atoms with van der Waals surface area (Å²) in [6.07, 6.45) is 6.97. The molecule has 0 radical (unpaired) electrons. The van der Waals surface area contributed by atoms with Crippen molar-refractivity contribution in [2.45, 2.75) is 62.8 Å². The highest BCUT2D eigenvalue weighted by molar-refractivity contribution is 7.98. The van der Waals surface area contributed by atoms with E-state index in [0.29, 0.717) is 29.5 Å². The maximum Gasteiger partial charge on any atom is 0.312 e. The first-order valence-electron chi connectivity index (χ1n) is 11.1. The molecule has 4 bridgehead atoms. The lowest BCUT2D eigenvalue weighted by molar-refractivity contribution is -0.174. The molecule has 2 amide bonds. The van der Waals surface area contributed by atoms with Crippen LogP contribution in [0.2, 0.25) is 0 Å². The van der Waals surface area contributed by atoms with E-state index in [1.165, 1.54) is 25.6 Å². The first kappa shape index (κ1) is 22.8. The summed E-state index contributed by atoms with van der Waals surface area (Å²) in [6.45, 7) is 2.61. The van der Waals surface area contributed by atoms with Crippen LogP contribution in [0.1, 0.15) is 62.7 Å². The van der Waals surface area contributed by atoms with Gasteiger partial charge < -0.3 is 15.4 Å². The van der Waals surface area contributed by atoms with Crippen molar-refractivity contribution in [3.63, 3.8) is 0 Å². The maximum absolute atomic E-state index is 13.2. The first-order chi connectivity index (χ1) is 15.1. The van der Waals surface area contributed by atoms with Crippen LogP contribution in [0.3, 0.4) is 0 Å². The van der Waals surface area contributed by atoms with Crippen LogP contribution in [-0.4, -0.2) is 42.0 Å². The third kappa shape index (κ3) is 4.42. The summed E-state index contributed by atoms with van der Waals surface area (Å²) in [5, 5.41) is 5.88. The number of ether oxygens (including phenoxy) is 1. The SMILES string of the molecule is CSc1ccc(C(=O)COC(=O)C23CC4CC(CC(NC(C)=O)(C4)C2)C3)cc1NC(C)=O. The molecule has 8 heteroatoms. The minimum Gasteiger partial charge on any atom is -0.457 e. The Kier molecular flexibility index (Phi) is 6.09. The lowest BCUT2D eigenvalue weighted by Gasteiger charge is -2.60. The molecule has 0 aliphatic heterocycles. The number of esters is 1. The number of rotatable bonds is 7. The van der Waals surface area contributed by atoms with Crippen molar-refractivity contribution < 1.29 is 23.9 Å². The molecule has 32 heavy (non-hydrogen) atoms. The molecule has 1 aromatic rings. The molecule has 0 spiro atoms. The van der Waals surface area contributed by atoms with Gasteiger partial charge in [0.05, 0.1) is 11.1 Å². The second-order valence-corrected chi connectivity index (χ2v) is 10.6. The smallest absolute Gasteiger partial charge is 0.312 e. The first-order valence-corrected chi connectivity index (χ1v) is 12.3. The van der Waals surface area contributed by atoms with Gasteiger partial charge in [0.1, 0.15) is 0 Å². The van der Waals surface area contributed by atoms with Crippen LogP contribution < -0.4 is 10.6 Å². The van der Waals surface area contributed by atoms with Crippen molar-refractivity contribution in [3.05, 3.63) is 23.8 Å². The van der Waals surface area contributed by atoms with Crippen molar-refractivity contribution >= 4 is 41.0 Å². The van der Waals surface area contributed by atoms with E-state index >= 15 is 0 Å². The number of hydrogen-bond donors (Lipinski definition) is 2. The molecule has 2 atom stereocenters. The molecule has 5 rings (SSSR count). The van der Waals surface area contributed by atoms with Gasteiger partial charge in [0.2, 0.25) is 11.8 Å². The zero-order valence-electron chi connectivity index (χ0n) is 18.8. The zero-order valence-corrected chi connectivity index (χ0v) is 19.6. The minimum absolute atomic E-state index is 0.0608. The summed E-state index contributed by atoms with van der Waals surface area (Å²) in [7, 11) is 0. The van der Waals surface area contributed by atoms with E-state index in [1.807, 2.05) is 6.26 Å². The van der Waals surface area contributed by atoms with E-state index in [-0.39, 0.29) is 35.7 Å². The number of ketones is 1. The molecule has 4 aliphatic rings. The van der Waals surface area contributed by atoms with Crippen molar-refractivity contribution in [1.29, 1.82) is 0 Å². The van der Waals surface area contributed by atoms with Gasteiger partial charge in [0.25, 0.3) is 0 Å². The number of thioether (sulfide) groups is 1. The van der Waals surface area contributed by atoms with E-state index in [4.69, 9.17) is 4.74 Å². The molecule has 2 unspecified atom stereocenters. The second kappa shape index (κ2) is 8.54. The summed E-state index contributed by atoms with van der Waals surface area (Å²) >= 11 is 1.47. The van der Waals surface area contributed by atoms with Gasteiger partial charge in [-0.15, -0.1) is 11.8 Å². The molecule has 0 heterocycles. The van der Waals surface area contributed by atoms with Gasteiger partial charge in [-0.3, -0.25) is 19.2 Å². The van der Waals surface area contributed by atoms with Crippen molar-refractivity contribution in [3.8, 4) is 0 Å². The molecular weight excluding hydrogens is 428 g/mol. The van der Waals surface area contributed by atoms with Crippen molar-refractivity contribution in [2.24, 2.45) is 17.3 Å². The summed E-state index contributed by atoms with van der Waals surface area (Å²) < 4.78 is 5.58. The summed E-state index contributed by atoms with van der Waals surface area (Å²) in [5.74, 6) is -0.0896. The van der Waals surface area contributed by atoms with E-state index in [9.17, 15) is 19.2 Å². The van der Waals surface area contributed by atoms with Crippen LogP contribution in [-0.2, 0) is 19.1 Å². The van der Waals surface area contributed by atoms with Crippen LogP contribution in [0.5, 0.6) is 0 Å². The largest absolute Gasteiger partial charge is 0.457 e. The Bertz CT molecular complexity index is 961. The van der Waals surface area contributed by atoms with Crippen molar-refractivity contribution in [2.75, 3.05) is 18.2 Å². The molecule has 0 aromatic heterocycles. The second-order valence-electron chi connectivity index (χ2n) is 9.80. The maximum atomic E-state index is 13.2. The van der Waals surface area contributed by atoms with E-state index in [1.54, 1.807) is 18.2 Å². The van der Waals surface area contributed by atoms with Crippen molar-refractivity contribution in [1.82, 2.24) is 5.32 Å². The topological polar surface area (TPSA) is 102 Å². The van der Waals surface area contributed by atoms with Gasteiger partial charge in [-0.2, -0.15) is 0 Å². The van der Waals surface area contributed by atoms with Crippen LogP contribution in [0.4, 0.5) is 5.69 Å². The summed E-state index contributed by atoms with van der Waals surface area (Å²) in [5.41, 5.74) is 0.0246. The number of Topliss-reactive ketones (excluding diaryl/α,β-unsaturated/α-hetero) is 1. The van der Waals surface area contributed by atoms with E-state index in [2.05, 4.69) is 10.6 Å². The molecule has 4 aliphatic carbocycles. The molecular formula is C24H30N2O5S. The Morgan fingerprint density at radius 2 is 1.75 bits per heavy atom. The molecule has 172 valence electrons. The molecule has 1 aromatic carbocycles. The number of carbonyl (C=O) groups is 4.